The molecule has 0 saturated carbocycles. The zero-order valence-electron chi connectivity index (χ0n) is 46.4. The molecule has 2 amide bonds. The van der Waals surface area contributed by atoms with E-state index in [-0.39, 0.29) is 17.4 Å². The third kappa shape index (κ3) is 16.1. The van der Waals surface area contributed by atoms with Gasteiger partial charge in [-0.3, -0.25) is 24.5 Å². The average Bonchev–Trinajstić information content (AvgIpc) is 3.42. The predicted octanol–water partition coefficient (Wildman–Crippen LogP) is 8.38. The molecule has 4 aromatic carbocycles. The third-order valence-corrected chi connectivity index (χ3v) is 12.4. The van der Waals surface area contributed by atoms with Crippen LogP contribution in [0.2, 0.25) is 0 Å². The van der Waals surface area contributed by atoms with Crippen LogP contribution in [0, 0.1) is 0 Å². The Morgan fingerprint density at radius 1 is 0.592 bits per heavy atom. The summed E-state index contributed by atoms with van der Waals surface area (Å²) in [5.74, 6) is 0.309. The van der Waals surface area contributed by atoms with Gasteiger partial charge in [-0.05, 0) is 159 Å². The molecule has 0 aliphatic carbocycles. The van der Waals surface area contributed by atoms with Gasteiger partial charge in [-0.15, -0.1) is 0 Å². The quantitative estimate of drug-likeness (QED) is 0.0278. The molecular formula is C58H78N12O6. The second-order valence-electron chi connectivity index (χ2n) is 19.2. The van der Waals surface area contributed by atoms with Crippen LogP contribution >= 0.6 is 0 Å². The summed E-state index contributed by atoms with van der Waals surface area (Å²) in [7, 11) is 20.6. The molecule has 3 aromatic heterocycles. The number of amides is 2. The number of aromatic nitrogens is 3. The molecule has 406 valence electrons. The van der Waals surface area contributed by atoms with Gasteiger partial charge in [0.2, 0.25) is 0 Å². The molecule has 7 aromatic rings. The van der Waals surface area contributed by atoms with Crippen molar-refractivity contribution >= 4 is 73.2 Å². The van der Waals surface area contributed by atoms with Crippen molar-refractivity contribution in [3.63, 3.8) is 0 Å². The number of carbonyl (C=O) groups excluding carboxylic acids is 2. The first-order chi connectivity index (χ1) is 36.4. The summed E-state index contributed by atoms with van der Waals surface area (Å²) >= 11 is 0. The van der Waals surface area contributed by atoms with Gasteiger partial charge in [0.25, 0.3) is 11.8 Å². The van der Waals surface area contributed by atoms with E-state index < -0.39 is 5.97 Å². The highest BCUT2D eigenvalue weighted by Crippen LogP contribution is 2.34. The number of aryl methyl sites for hydroxylation is 1. The SMILES string of the molecule is CCc1nc2ccc(-c3ccc(N)cc3)cc2c(NCCCN(C)C)c1C(=O)O.CNC(=O)c1cnc2ccc(OC)cc2c1NCCCN(C)C.COc1ccc2ncc(C(=O)N(C)C)c(NCCCN(C)C)c2c1. The topological polar surface area (TPSA) is 216 Å². The van der Waals surface area contributed by atoms with E-state index in [9.17, 15) is 19.5 Å². The number of hydrogen-bond donors (Lipinski definition) is 6. The number of anilines is 4. The van der Waals surface area contributed by atoms with E-state index in [1.54, 1.807) is 52.7 Å². The predicted molar refractivity (Wildman–Crippen MR) is 311 cm³/mol. The van der Waals surface area contributed by atoms with Crippen LogP contribution in [0.5, 0.6) is 11.5 Å². The van der Waals surface area contributed by atoms with Gasteiger partial charge in [-0.1, -0.05) is 25.1 Å². The molecule has 76 heavy (non-hydrogen) atoms. The van der Waals surface area contributed by atoms with Gasteiger partial charge in [0, 0.05) is 75.0 Å². The fourth-order valence-corrected chi connectivity index (χ4v) is 8.35. The number of fused-ring (bicyclic) bond motifs is 3. The molecule has 0 unspecified atom stereocenters. The van der Waals surface area contributed by atoms with Crippen LogP contribution < -0.4 is 36.5 Å². The van der Waals surface area contributed by atoms with Crippen molar-refractivity contribution < 1.29 is 29.0 Å². The molecular weight excluding hydrogens is 961 g/mol. The van der Waals surface area contributed by atoms with Gasteiger partial charge >= 0.3 is 5.97 Å². The van der Waals surface area contributed by atoms with Crippen LogP contribution in [-0.2, 0) is 6.42 Å². The number of nitrogen functional groups attached to an aromatic ring is 1. The van der Waals surface area contributed by atoms with Crippen LogP contribution in [0.4, 0.5) is 22.7 Å². The van der Waals surface area contributed by atoms with E-state index in [1.165, 1.54) is 0 Å². The summed E-state index contributed by atoms with van der Waals surface area (Å²) < 4.78 is 10.6. The molecule has 7 N–H and O–H groups in total. The fourth-order valence-electron chi connectivity index (χ4n) is 8.35. The van der Waals surface area contributed by atoms with Gasteiger partial charge in [-0.2, -0.15) is 0 Å². The summed E-state index contributed by atoms with van der Waals surface area (Å²) in [6.07, 6.45) is 6.69. The third-order valence-electron chi connectivity index (χ3n) is 12.4. The number of carboxylic acid groups (broad SMARTS) is 1. The highest BCUT2D eigenvalue weighted by atomic mass is 16.5. The molecule has 0 saturated heterocycles. The van der Waals surface area contributed by atoms with Crippen LogP contribution in [0.1, 0.15) is 63.0 Å². The van der Waals surface area contributed by atoms with Crippen molar-refractivity contribution in [2.75, 3.05) is 139 Å². The Hall–Kier alpha value is -7.80. The number of nitrogens with one attached hydrogen (secondary N) is 4. The summed E-state index contributed by atoms with van der Waals surface area (Å²) in [4.78, 5) is 58.1. The standard InChI is InChI=1S/C23H28N4O2.C18H26N4O2.C17H24N4O2/c1-4-19-21(23(28)29)22(25-12-5-13-27(2)3)18-14-16(8-11-20(18)26-19)15-6-9-17(24)10-7-15;1-21(2)10-6-9-19-17-14-11-13(24-5)7-8-16(14)20-12-15(17)18(23)22(3)4;1-18-17(22)14-11-20-15-7-6-12(23-4)10-13(15)16(14)19-8-5-9-21(2)3/h6-11,14H,4-5,12-13,24H2,1-3H3,(H,25,26)(H,28,29);7-8,11-12H,6,9-10H2,1-5H3,(H,19,20);6-7,10-11H,5,8-9H2,1-4H3,(H,18,22)(H,19,20). The monoisotopic (exact) mass is 1040 g/mol. The molecule has 0 fully saturated rings. The lowest BCUT2D eigenvalue weighted by molar-refractivity contribution is 0.0695. The van der Waals surface area contributed by atoms with Crippen LogP contribution in [0.3, 0.4) is 0 Å². The van der Waals surface area contributed by atoms with Gasteiger partial charge < -0.3 is 61.2 Å². The molecule has 0 radical (unpaired) electrons. The van der Waals surface area contributed by atoms with Crippen molar-refractivity contribution in [2.24, 2.45) is 0 Å². The number of nitrogens with two attached hydrogens (primary N) is 1. The number of nitrogens with zero attached hydrogens (tertiary/aromatic N) is 7. The Kier molecular flexibility index (Phi) is 22.4. The van der Waals surface area contributed by atoms with Crippen LogP contribution in [0.15, 0.2) is 91.3 Å². The van der Waals surface area contributed by atoms with E-state index >= 15 is 0 Å². The molecule has 0 bridgehead atoms. The summed E-state index contributed by atoms with van der Waals surface area (Å²) in [6, 6.07) is 25.0. The molecule has 0 atom stereocenters. The Labute approximate surface area is 448 Å². The number of aromatic carboxylic acids is 1. The number of methoxy groups -OCH3 is 2. The molecule has 7 rings (SSSR count). The molecule has 0 aliphatic heterocycles. The molecule has 3 heterocycles. The maximum Gasteiger partial charge on any atom is 0.339 e. The maximum atomic E-state index is 12.5. The van der Waals surface area contributed by atoms with Crippen molar-refractivity contribution in [1.29, 1.82) is 0 Å². The van der Waals surface area contributed by atoms with E-state index in [4.69, 9.17) is 15.2 Å². The first-order valence-corrected chi connectivity index (χ1v) is 25.5. The fraction of sp³-hybridized carbons (Fsp3) is 0.379. The van der Waals surface area contributed by atoms with E-state index in [1.807, 2.05) is 128 Å². The Morgan fingerprint density at radius 2 is 1.04 bits per heavy atom. The lowest BCUT2D eigenvalue weighted by atomic mass is 9.99. The van der Waals surface area contributed by atoms with Crippen molar-refractivity contribution in [1.82, 2.24) is 39.9 Å². The minimum atomic E-state index is -0.954. The number of carbonyl (C=O) groups is 3. The first kappa shape index (κ1) is 59.1. The van der Waals surface area contributed by atoms with Crippen LogP contribution in [-0.4, -0.2) is 174 Å². The zero-order valence-corrected chi connectivity index (χ0v) is 46.4. The number of benzene rings is 4. The Bertz CT molecular complexity index is 3050. The maximum absolute atomic E-state index is 12.5. The first-order valence-electron chi connectivity index (χ1n) is 25.5. The van der Waals surface area contributed by atoms with Crippen molar-refractivity contribution in [3.8, 4) is 22.6 Å². The summed E-state index contributed by atoms with van der Waals surface area (Å²) in [5.41, 5.74) is 15.2. The minimum Gasteiger partial charge on any atom is -0.497 e. The lowest BCUT2D eigenvalue weighted by Gasteiger charge is -2.18. The number of carboxylic acids is 1. The second kappa shape index (κ2) is 28.8. The number of ether oxygens (including phenoxy) is 2. The van der Waals surface area contributed by atoms with E-state index in [0.29, 0.717) is 41.2 Å². The minimum absolute atomic E-state index is 0.0673. The summed E-state index contributed by atoms with van der Waals surface area (Å²) in [6.45, 7) is 7.06. The largest absolute Gasteiger partial charge is 0.497 e. The van der Waals surface area contributed by atoms with Gasteiger partial charge in [0.1, 0.15) is 17.1 Å². The zero-order chi connectivity index (χ0) is 55.5. The van der Waals surface area contributed by atoms with Gasteiger partial charge in [-0.25, -0.2) is 4.79 Å². The molecule has 18 nitrogen and oxygen atoms in total. The Balaban J connectivity index is 0.000000212. The highest BCUT2D eigenvalue weighted by molar-refractivity contribution is 6.09. The van der Waals surface area contributed by atoms with Crippen molar-refractivity contribution in [2.45, 2.75) is 32.6 Å². The van der Waals surface area contributed by atoms with E-state index in [2.05, 4.69) is 50.9 Å². The molecule has 0 aliphatic rings. The molecule has 0 spiro atoms. The normalized spacial score (nSPS) is 11.0. The van der Waals surface area contributed by atoms with Gasteiger partial charge in [0.05, 0.1) is 64.7 Å². The summed E-state index contributed by atoms with van der Waals surface area (Å²) in [5, 5.41) is 25.4. The number of rotatable bonds is 22. The van der Waals surface area contributed by atoms with E-state index in [0.717, 1.165) is 119 Å². The van der Waals surface area contributed by atoms with Crippen LogP contribution in [0.25, 0.3) is 43.8 Å². The van der Waals surface area contributed by atoms with Gasteiger partial charge in [0.15, 0.2) is 0 Å². The average molecular weight is 1040 g/mol. The van der Waals surface area contributed by atoms with Crippen molar-refractivity contribution in [3.05, 3.63) is 114 Å². The number of pyridine rings is 3. The molecule has 18 heteroatoms. The second-order valence-corrected chi connectivity index (χ2v) is 19.2. The Morgan fingerprint density at radius 3 is 1.49 bits per heavy atom. The number of hydrogen-bond acceptors (Lipinski definition) is 15. The highest BCUT2D eigenvalue weighted by Gasteiger charge is 2.21. The lowest BCUT2D eigenvalue weighted by Crippen LogP contribution is -2.24. The smallest absolute Gasteiger partial charge is 0.339 e.